The lowest BCUT2D eigenvalue weighted by molar-refractivity contribution is -0.141. The van der Waals surface area contributed by atoms with E-state index in [2.05, 4.69) is 23.2 Å². The van der Waals surface area contributed by atoms with Crippen LogP contribution in [-0.2, 0) is 4.79 Å². The van der Waals surface area contributed by atoms with Crippen LogP contribution in [0.4, 0.5) is 0 Å². The van der Waals surface area contributed by atoms with Crippen LogP contribution >= 0.6 is 0 Å². The third-order valence-electron chi connectivity index (χ3n) is 4.76. The van der Waals surface area contributed by atoms with E-state index < -0.39 is 11.4 Å². The van der Waals surface area contributed by atoms with E-state index in [-0.39, 0.29) is 0 Å². The van der Waals surface area contributed by atoms with Crippen LogP contribution in [0.15, 0.2) is 23.8 Å². The van der Waals surface area contributed by atoms with Gasteiger partial charge in [-0.25, -0.2) is 0 Å². The van der Waals surface area contributed by atoms with Gasteiger partial charge in [-0.05, 0) is 69.6 Å². The number of carboxylic acids is 1. The van der Waals surface area contributed by atoms with Gasteiger partial charge in [0.25, 0.3) is 0 Å². The zero-order valence-electron chi connectivity index (χ0n) is 12.1. The summed E-state index contributed by atoms with van der Waals surface area (Å²) in [5.74, 6) is -0.110. The van der Waals surface area contributed by atoms with E-state index in [1.54, 1.807) is 0 Å². The second-order valence-corrected chi connectivity index (χ2v) is 6.27. The number of allylic oxidation sites excluding steroid dienone is 1. The summed E-state index contributed by atoms with van der Waals surface area (Å²) in [4.78, 5) is 15.8. The largest absolute Gasteiger partial charge is 0.481 e. The Morgan fingerprint density at radius 3 is 2.40 bits per heavy atom. The molecule has 0 amide bonds. The minimum atomic E-state index is -0.627. The molecule has 106 valence electrons. The highest BCUT2D eigenvalue weighted by Gasteiger charge is 2.53. The maximum absolute atomic E-state index is 11.4. The fourth-order valence-corrected chi connectivity index (χ4v) is 3.47. The molecule has 1 aromatic rings. The first-order chi connectivity index (χ1) is 9.51. The zero-order chi connectivity index (χ0) is 14.3. The monoisotopic (exact) mass is 271 g/mol. The van der Waals surface area contributed by atoms with Gasteiger partial charge >= 0.3 is 5.97 Å². The average molecular weight is 271 g/mol. The number of aromatic nitrogens is 1. The molecular weight excluding hydrogens is 250 g/mol. The van der Waals surface area contributed by atoms with Crippen molar-refractivity contribution in [3.8, 4) is 0 Å². The standard InChI is InChI=1S/C17H21NO2/c1-11-9-14(10-12(2)18-11)13-3-5-15(6-4-13)17(7-8-17)16(19)20/h5,9-10,13H,3-4,6-8H2,1-2H3,(H,19,20). The SMILES string of the molecule is Cc1cc(C2CC=C(C3(C(=O)O)CC3)CC2)cc(C)n1. The van der Waals surface area contributed by atoms with E-state index in [9.17, 15) is 9.90 Å². The Morgan fingerprint density at radius 2 is 1.95 bits per heavy atom. The van der Waals surface area contributed by atoms with E-state index in [0.29, 0.717) is 5.92 Å². The van der Waals surface area contributed by atoms with Crippen LogP contribution in [0.5, 0.6) is 0 Å². The number of nitrogens with zero attached hydrogens (tertiary/aromatic N) is 1. The number of carboxylic acid groups (broad SMARTS) is 1. The van der Waals surface area contributed by atoms with Crippen LogP contribution < -0.4 is 0 Å². The molecule has 1 heterocycles. The highest BCUT2D eigenvalue weighted by Crippen LogP contribution is 2.55. The second-order valence-electron chi connectivity index (χ2n) is 6.27. The molecule has 1 atom stereocenters. The van der Waals surface area contributed by atoms with Gasteiger partial charge < -0.3 is 5.11 Å². The Labute approximate surface area is 119 Å². The van der Waals surface area contributed by atoms with Crippen LogP contribution in [0.2, 0.25) is 0 Å². The van der Waals surface area contributed by atoms with E-state index in [1.165, 1.54) is 11.1 Å². The summed E-state index contributed by atoms with van der Waals surface area (Å²) in [6, 6.07) is 4.33. The molecule has 3 heteroatoms. The van der Waals surface area contributed by atoms with Gasteiger partial charge in [-0.3, -0.25) is 9.78 Å². The average Bonchev–Trinajstić information content (AvgIpc) is 3.19. The molecule has 0 radical (unpaired) electrons. The topological polar surface area (TPSA) is 50.2 Å². The Balaban J connectivity index is 1.78. The smallest absolute Gasteiger partial charge is 0.313 e. The Kier molecular flexibility index (Phi) is 3.15. The minimum Gasteiger partial charge on any atom is -0.481 e. The molecule has 0 aliphatic heterocycles. The third kappa shape index (κ3) is 2.26. The molecule has 1 N–H and O–H groups in total. The van der Waals surface area contributed by atoms with Crippen LogP contribution in [0.1, 0.15) is 55.0 Å². The maximum Gasteiger partial charge on any atom is 0.313 e. The molecule has 0 bridgehead atoms. The first-order valence-corrected chi connectivity index (χ1v) is 7.39. The third-order valence-corrected chi connectivity index (χ3v) is 4.76. The first-order valence-electron chi connectivity index (χ1n) is 7.39. The van der Waals surface area contributed by atoms with Gasteiger partial charge in [-0.1, -0.05) is 11.6 Å². The lowest BCUT2D eigenvalue weighted by Gasteiger charge is -2.25. The van der Waals surface area contributed by atoms with E-state index in [4.69, 9.17) is 0 Å². The summed E-state index contributed by atoms with van der Waals surface area (Å²) >= 11 is 0. The predicted octanol–water partition coefficient (Wildman–Crippen LogP) is 3.76. The molecule has 3 nitrogen and oxygen atoms in total. The van der Waals surface area contributed by atoms with Crippen molar-refractivity contribution in [2.75, 3.05) is 0 Å². The molecule has 0 saturated heterocycles. The zero-order valence-corrected chi connectivity index (χ0v) is 12.1. The molecule has 1 aromatic heterocycles. The van der Waals surface area contributed by atoms with Crippen molar-refractivity contribution in [2.24, 2.45) is 5.41 Å². The summed E-state index contributed by atoms with van der Waals surface area (Å²) in [5, 5.41) is 9.36. The molecular formula is C17H21NO2. The van der Waals surface area contributed by atoms with Crippen molar-refractivity contribution >= 4 is 5.97 Å². The number of aliphatic carboxylic acids is 1. The van der Waals surface area contributed by atoms with Crippen molar-refractivity contribution in [2.45, 2.75) is 51.9 Å². The quantitative estimate of drug-likeness (QED) is 0.852. The highest BCUT2D eigenvalue weighted by molar-refractivity contribution is 5.82. The molecule has 2 aliphatic carbocycles. The number of rotatable bonds is 3. The van der Waals surface area contributed by atoms with Crippen molar-refractivity contribution in [1.82, 2.24) is 4.98 Å². The molecule has 0 spiro atoms. The second kappa shape index (κ2) is 4.72. The molecule has 1 saturated carbocycles. The summed E-state index contributed by atoms with van der Waals surface area (Å²) in [7, 11) is 0. The summed E-state index contributed by atoms with van der Waals surface area (Å²) in [5.41, 5.74) is 4.17. The fraction of sp³-hybridized carbons (Fsp3) is 0.529. The van der Waals surface area contributed by atoms with E-state index in [0.717, 1.165) is 43.5 Å². The number of carbonyl (C=O) groups is 1. The lowest BCUT2D eigenvalue weighted by Crippen LogP contribution is -2.20. The number of aryl methyl sites for hydroxylation is 2. The lowest BCUT2D eigenvalue weighted by atomic mass is 9.79. The molecule has 0 aromatic carbocycles. The van der Waals surface area contributed by atoms with Crippen molar-refractivity contribution in [3.63, 3.8) is 0 Å². The predicted molar refractivity (Wildman–Crippen MR) is 77.7 cm³/mol. The van der Waals surface area contributed by atoms with Crippen LogP contribution in [0, 0.1) is 19.3 Å². The maximum atomic E-state index is 11.4. The molecule has 2 aliphatic rings. The number of hydrogen-bond donors (Lipinski definition) is 1. The summed E-state index contributed by atoms with van der Waals surface area (Å²) < 4.78 is 0. The highest BCUT2D eigenvalue weighted by atomic mass is 16.4. The van der Waals surface area contributed by atoms with Crippen LogP contribution in [-0.4, -0.2) is 16.1 Å². The van der Waals surface area contributed by atoms with Gasteiger partial charge in [0.05, 0.1) is 5.41 Å². The number of pyridine rings is 1. The van der Waals surface area contributed by atoms with Gasteiger partial charge in [0.15, 0.2) is 0 Å². The van der Waals surface area contributed by atoms with Gasteiger partial charge in [0.2, 0.25) is 0 Å². The van der Waals surface area contributed by atoms with E-state index >= 15 is 0 Å². The molecule has 20 heavy (non-hydrogen) atoms. The normalized spacial score (nSPS) is 24.1. The Hall–Kier alpha value is -1.64. The van der Waals surface area contributed by atoms with Gasteiger partial charge in [0, 0.05) is 11.4 Å². The van der Waals surface area contributed by atoms with E-state index in [1.807, 2.05) is 13.8 Å². The van der Waals surface area contributed by atoms with Crippen molar-refractivity contribution in [3.05, 3.63) is 40.7 Å². The van der Waals surface area contributed by atoms with Crippen LogP contribution in [0.25, 0.3) is 0 Å². The van der Waals surface area contributed by atoms with Gasteiger partial charge in [-0.2, -0.15) is 0 Å². The van der Waals surface area contributed by atoms with Crippen molar-refractivity contribution in [1.29, 1.82) is 0 Å². The molecule has 3 rings (SSSR count). The van der Waals surface area contributed by atoms with Gasteiger partial charge in [0.1, 0.15) is 0 Å². The fourth-order valence-electron chi connectivity index (χ4n) is 3.47. The van der Waals surface area contributed by atoms with Crippen molar-refractivity contribution < 1.29 is 9.90 Å². The first kappa shape index (κ1) is 13.3. The van der Waals surface area contributed by atoms with Crippen LogP contribution in [0.3, 0.4) is 0 Å². The Morgan fingerprint density at radius 1 is 1.30 bits per heavy atom. The van der Waals surface area contributed by atoms with Gasteiger partial charge in [-0.15, -0.1) is 0 Å². The summed E-state index contributed by atoms with van der Waals surface area (Å²) in [6.07, 6.45) is 6.80. The minimum absolute atomic E-state index is 0.491. The number of hydrogen-bond acceptors (Lipinski definition) is 2. The Bertz CT molecular complexity index is 564. The molecule has 1 unspecified atom stereocenters. The summed E-state index contributed by atoms with van der Waals surface area (Å²) in [6.45, 7) is 4.06. The molecule has 1 fully saturated rings.